The molecule has 3 saturated heterocycles. The van der Waals surface area contributed by atoms with Crippen molar-refractivity contribution >= 4 is 5.91 Å². The van der Waals surface area contributed by atoms with Gasteiger partial charge in [0.05, 0.1) is 38.6 Å². The van der Waals surface area contributed by atoms with Gasteiger partial charge in [0.1, 0.15) is 73.2 Å². The molecule has 0 spiro atoms. The minimum absolute atomic E-state index is 0.239. The van der Waals surface area contributed by atoms with Crippen LogP contribution >= 0.6 is 0 Å². The van der Waals surface area contributed by atoms with Crippen LogP contribution in [0.1, 0.15) is 296 Å². The van der Waals surface area contributed by atoms with Gasteiger partial charge in [0.15, 0.2) is 18.9 Å². The first-order valence-corrected chi connectivity index (χ1v) is 37.7. The van der Waals surface area contributed by atoms with Gasteiger partial charge in [-0.15, -0.1) is 0 Å². The van der Waals surface area contributed by atoms with Crippen molar-refractivity contribution in [2.75, 3.05) is 26.4 Å². The second-order valence-corrected chi connectivity index (χ2v) is 27.1. The van der Waals surface area contributed by atoms with Crippen LogP contribution in [0.25, 0.3) is 0 Å². The molecule has 0 aromatic rings. The Morgan fingerprint density at radius 3 is 1.10 bits per heavy atom. The lowest BCUT2D eigenvalue weighted by molar-refractivity contribution is -0.379. The molecular formula is C74H137NO18. The number of ether oxygens (including phenoxy) is 6. The van der Waals surface area contributed by atoms with Gasteiger partial charge < -0.3 is 89.9 Å². The quantitative estimate of drug-likeness (QED) is 0.0199. The lowest BCUT2D eigenvalue weighted by atomic mass is 9.96. The molecule has 17 atom stereocenters. The minimum Gasteiger partial charge on any atom is -0.394 e. The molecule has 0 bridgehead atoms. The summed E-state index contributed by atoms with van der Waals surface area (Å²) in [5.41, 5.74) is 0. The molecule has 19 nitrogen and oxygen atoms in total. The molecule has 93 heavy (non-hydrogen) atoms. The predicted molar refractivity (Wildman–Crippen MR) is 365 cm³/mol. The van der Waals surface area contributed by atoms with Gasteiger partial charge in [0.25, 0.3) is 0 Å². The fourth-order valence-corrected chi connectivity index (χ4v) is 12.8. The molecule has 0 aliphatic carbocycles. The predicted octanol–water partition coefficient (Wildman–Crippen LogP) is 11.2. The molecule has 0 radical (unpaired) electrons. The smallest absolute Gasteiger partial charge is 0.220 e. The highest BCUT2D eigenvalue weighted by Crippen LogP contribution is 2.33. The van der Waals surface area contributed by atoms with Crippen molar-refractivity contribution in [3.8, 4) is 0 Å². The number of hydrogen-bond donors (Lipinski definition) is 12. The molecule has 0 aromatic carbocycles. The van der Waals surface area contributed by atoms with Crippen LogP contribution in [0.3, 0.4) is 0 Å². The first-order valence-electron chi connectivity index (χ1n) is 37.7. The summed E-state index contributed by atoms with van der Waals surface area (Å²) in [7, 11) is 0. The normalized spacial score (nSPS) is 27.7. The van der Waals surface area contributed by atoms with Crippen molar-refractivity contribution in [3.05, 3.63) is 36.5 Å². The summed E-state index contributed by atoms with van der Waals surface area (Å²) in [6.45, 7) is 1.66. The Balaban J connectivity index is 1.25. The Hall–Kier alpha value is -1.99. The molecule has 3 rings (SSSR count). The van der Waals surface area contributed by atoms with Crippen molar-refractivity contribution in [2.24, 2.45) is 0 Å². The zero-order valence-electron chi connectivity index (χ0n) is 58.0. The monoisotopic (exact) mass is 1330 g/mol. The molecule has 546 valence electrons. The Bertz CT molecular complexity index is 1830. The van der Waals surface area contributed by atoms with Gasteiger partial charge >= 0.3 is 0 Å². The lowest BCUT2D eigenvalue weighted by Crippen LogP contribution is -2.66. The standard InChI is InChI=1S/C74H137NO18/c1-3-5-7-9-11-13-14-15-16-17-18-19-20-21-22-23-24-25-26-27-28-29-30-31-32-33-34-35-36-37-38-39-40-41-42-44-46-48-50-52-62(80)75-57(58(79)51-49-47-45-43-12-10-8-6-4-2)56-88-72-68(86)65(83)70(60(54-77)90-72)93-74-69(87)66(84)71(61(55-78)91-74)92-73-67(85)64(82)63(81)59(53-76)89-73/h12,17-18,43,49,51,57-61,63-74,76-79,81-87H,3-11,13-16,19-42,44-48,50,52-56H2,1-2H3,(H,75,80)/b18-17-,43-12+,51-49+. The van der Waals surface area contributed by atoms with Gasteiger partial charge in [-0.2, -0.15) is 0 Å². The second-order valence-electron chi connectivity index (χ2n) is 27.1. The number of unbranched alkanes of at least 4 members (excludes halogenated alkanes) is 39. The van der Waals surface area contributed by atoms with E-state index in [-0.39, 0.29) is 18.9 Å². The molecule has 12 N–H and O–H groups in total. The fraction of sp³-hybridized carbons (Fsp3) is 0.905. The number of allylic oxidation sites excluding steroid dienone is 5. The summed E-state index contributed by atoms with van der Waals surface area (Å²) in [4.78, 5) is 13.3. The van der Waals surface area contributed by atoms with Gasteiger partial charge in [-0.1, -0.05) is 269 Å². The van der Waals surface area contributed by atoms with E-state index in [0.717, 1.165) is 44.9 Å². The van der Waals surface area contributed by atoms with Crippen LogP contribution in [0, 0.1) is 0 Å². The maximum atomic E-state index is 13.3. The highest BCUT2D eigenvalue weighted by atomic mass is 16.8. The topological polar surface area (TPSA) is 307 Å². The zero-order valence-corrected chi connectivity index (χ0v) is 58.0. The van der Waals surface area contributed by atoms with Crippen molar-refractivity contribution < 1.29 is 89.4 Å². The SMILES string of the molecule is CCCCC/C=C/CC/C=C/C(O)C(COC1OC(CO)C(OC2OC(CO)C(OC3OC(CO)C(O)C(O)C3O)C(O)C2O)C(O)C1O)NC(=O)CCCCCCCCCCCCCCCCCCCCCCCCCCCCC/C=C\CCCCCCCCCC. The third kappa shape index (κ3) is 37.1. The van der Waals surface area contributed by atoms with Crippen LogP contribution in [0.5, 0.6) is 0 Å². The molecule has 3 fully saturated rings. The van der Waals surface area contributed by atoms with E-state index < -0.39 is 124 Å². The summed E-state index contributed by atoms with van der Waals surface area (Å²) in [5.74, 6) is -0.284. The number of aliphatic hydroxyl groups is 11. The van der Waals surface area contributed by atoms with E-state index in [1.54, 1.807) is 6.08 Å². The van der Waals surface area contributed by atoms with E-state index in [4.69, 9.17) is 28.4 Å². The van der Waals surface area contributed by atoms with Crippen LogP contribution < -0.4 is 5.32 Å². The molecular weight excluding hydrogens is 1190 g/mol. The maximum Gasteiger partial charge on any atom is 0.220 e. The summed E-state index contributed by atoms with van der Waals surface area (Å²) >= 11 is 0. The number of rotatable bonds is 59. The number of carbonyl (C=O) groups excluding carboxylic acids is 1. The summed E-state index contributed by atoms with van der Waals surface area (Å²) < 4.78 is 34.2. The average Bonchev–Trinajstić information content (AvgIpc) is 0.900. The fourth-order valence-electron chi connectivity index (χ4n) is 12.8. The average molecular weight is 1330 g/mol. The van der Waals surface area contributed by atoms with E-state index in [9.17, 15) is 61.0 Å². The first kappa shape index (κ1) is 85.2. The molecule has 3 aliphatic heterocycles. The largest absolute Gasteiger partial charge is 0.394 e. The Labute approximate surface area is 561 Å². The lowest BCUT2D eigenvalue weighted by Gasteiger charge is -2.48. The second kappa shape index (κ2) is 55.8. The molecule has 19 heteroatoms. The summed E-state index contributed by atoms with van der Waals surface area (Å²) in [6, 6.07) is -0.986. The van der Waals surface area contributed by atoms with E-state index >= 15 is 0 Å². The van der Waals surface area contributed by atoms with Crippen LogP contribution in [0.15, 0.2) is 36.5 Å². The van der Waals surface area contributed by atoms with Gasteiger partial charge in [-0.05, 0) is 57.8 Å². The van der Waals surface area contributed by atoms with Crippen LogP contribution in [-0.2, 0) is 33.2 Å². The Kier molecular flexibility index (Phi) is 51.2. The van der Waals surface area contributed by atoms with E-state index in [1.165, 1.54) is 218 Å². The maximum absolute atomic E-state index is 13.3. The van der Waals surface area contributed by atoms with Crippen molar-refractivity contribution in [2.45, 2.75) is 401 Å². The molecule has 0 aromatic heterocycles. The molecule has 3 heterocycles. The summed E-state index contributed by atoms with van der Waals surface area (Å²) in [6.07, 6.45) is 40.7. The third-order valence-electron chi connectivity index (χ3n) is 18.9. The number of aliphatic hydroxyl groups excluding tert-OH is 11. The van der Waals surface area contributed by atoms with Crippen LogP contribution in [0.2, 0.25) is 0 Å². The van der Waals surface area contributed by atoms with E-state index in [1.807, 2.05) is 6.08 Å². The van der Waals surface area contributed by atoms with Crippen LogP contribution in [0.4, 0.5) is 0 Å². The van der Waals surface area contributed by atoms with Crippen LogP contribution in [-0.4, -0.2) is 193 Å². The van der Waals surface area contributed by atoms with Crippen molar-refractivity contribution in [1.29, 1.82) is 0 Å². The minimum atomic E-state index is -1.98. The van der Waals surface area contributed by atoms with Crippen molar-refractivity contribution in [3.63, 3.8) is 0 Å². The van der Waals surface area contributed by atoms with Gasteiger partial charge in [0.2, 0.25) is 5.91 Å². The van der Waals surface area contributed by atoms with Crippen molar-refractivity contribution in [1.82, 2.24) is 5.32 Å². The molecule has 3 aliphatic rings. The van der Waals surface area contributed by atoms with E-state index in [0.29, 0.717) is 12.8 Å². The molecule has 1 amide bonds. The zero-order chi connectivity index (χ0) is 67.5. The van der Waals surface area contributed by atoms with Gasteiger partial charge in [0, 0.05) is 6.42 Å². The third-order valence-corrected chi connectivity index (χ3v) is 18.9. The van der Waals surface area contributed by atoms with Gasteiger partial charge in [-0.25, -0.2) is 0 Å². The van der Waals surface area contributed by atoms with E-state index in [2.05, 4.69) is 43.5 Å². The number of carbonyl (C=O) groups is 1. The Morgan fingerprint density at radius 2 is 0.688 bits per heavy atom. The molecule has 17 unspecified atom stereocenters. The first-order chi connectivity index (χ1) is 45.3. The van der Waals surface area contributed by atoms with Gasteiger partial charge in [-0.3, -0.25) is 4.79 Å². The number of hydrogen-bond acceptors (Lipinski definition) is 18. The number of nitrogens with one attached hydrogen (secondary N) is 1. The molecule has 0 saturated carbocycles. The summed E-state index contributed by atoms with van der Waals surface area (Å²) in [5, 5.41) is 120. The number of amides is 1. The Morgan fingerprint density at radius 1 is 0.376 bits per heavy atom. The highest BCUT2D eigenvalue weighted by Gasteiger charge is 2.53. The highest BCUT2D eigenvalue weighted by molar-refractivity contribution is 5.76.